The summed E-state index contributed by atoms with van der Waals surface area (Å²) in [5, 5.41) is 6.35. The van der Waals surface area contributed by atoms with Crippen molar-refractivity contribution >= 4 is 11.7 Å². The van der Waals surface area contributed by atoms with Crippen LogP contribution in [0.1, 0.15) is 62.3 Å². The largest absolute Gasteiger partial charge is 0.367 e. The van der Waals surface area contributed by atoms with Gasteiger partial charge in [-0.2, -0.15) is 0 Å². The molecule has 1 aromatic rings. The molecule has 1 aliphatic rings. The van der Waals surface area contributed by atoms with Crippen LogP contribution in [0.2, 0.25) is 0 Å². The predicted octanol–water partition coefficient (Wildman–Crippen LogP) is 2.92. The molecule has 2 rings (SSSR count). The number of amides is 1. The normalized spacial score (nSPS) is 16.0. The van der Waals surface area contributed by atoms with Crippen molar-refractivity contribution in [3.8, 4) is 0 Å². The highest BCUT2D eigenvalue weighted by molar-refractivity contribution is 5.92. The minimum absolute atomic E-state index is 0.124. The number of carbonyl (C=O) groups excluding carboxylic acids is 1. The van der Waals surface area contributed by atoms with Gasteiger partial charge in [-0.3, -0.25) is 4.79 Å². The molecule has 5 nitrogen and oxygen atoms in total. The second-order valence-corrected chi connectivity index (χ2v) is 6.27. The Morgan fingerprint density at radius 1 is 1.29 bits per heavy atom. The van der Waals surface area contributed by atoms with E-state index in [1.165, 1.54) is 32.1 Å². The first-order chi connectivity index (χ1) is 10.0. The molecule has 116 valence electrons. The molecule has 2 N–H and O–H groups in total. The summed E-state index contributed by atoms with van der Waals surface area (Å²) in [7, 11) is 0. The Morgan fingerprint density at radius 2 is 2.00 bits per heavy atom. The van der Waals surface area contributed by atoms with Crippen LogP contribution in [0.3, 0.4) is 0 Å². The standard InChI is InChI=1S/C16H26N4O/c1-11(2)10-17-16(21)14-9-15(19-12(3)18-14)20-13-7-5-4-6-8-13/h9,11,13H,4-8,10H2,1-3H3,(H,17,21)(H,18,19,20). The van der Waals surface area contributed by atoms with Gasteiger partial charge in [0.1, 0.15) is 17.3 Å². The number of hydrogen-bond acceptors (Lipinski definition) is 4. The lowest BCUT2D eigenvalue weighted by molar-refractivity contribution is 0.0943. The summed E-state index contributed by atoms with van der Waals surface area (Å²) in [4.78, 5) is 20.8. The first kappa shape index (κ1) is 15.7. The number of rotatable bonds is 5. The van der Waals surface area contributed by atoms with Gasteiger partial charge in [0.2, 0.25) is 0 Å². The molecular formula is C16H26N4O. The van der Waals surface area contributed by atoms with Gasteiger partial charge in [0.05, 0.1) is 0 Å². The Hall–Kier alpha value is -1.65. The van der Waals surface area contributed by atoms with Gasteiger partial charge in [0.15, 0.2) is 0 Å². The fourth-order valence-corrected chi connectivity index (χ4v) is 2.60. The van der Waals surface area contributed by atoms with E-state index in [1.54, 1.807) is 6.07 Å². The van der Waals surface area contributed by atoms with Crippen molar-refractivity contribution in [2.24, 2.45) is 5.92 Å². The van der Waals surface area contributed by atoms with E-state index >= 15 is 0 Å². The van der Waals surface area contributed by atoms with Crippen LogP contribution in [0, 0.1) is 12.8 Å². The molecule has 0 aliphatic heterocycles. The number of aryl methyl sites for hydroxylation is 1. The van der Waals surface area contributed by atoms with Crippen molar-refractivity contribution in [2.75, 3.05) is 11.9 Å². The first-order valence-corrected chi connectivity index (χ1v) is 7.95. The number of nitrogens with one attached hydrogen (secondary N) is 2. The second kappa shape index (κ2) is 7.38. The highest BCUT2D eigenvalue weighted by atomic mass is 16.1. The quantitative estimate of drug-likeness (QED) is 0.875. The average Bonchev–Trinajstić information content (AvgIpc) is 2.45. The molecule has 1 fully saturated rings. The molecule has 1 aliphatic carbocycles. The van der Waals surface area contributed by atoms with Crippen molar-refractivity contribution in [1.29, 1.82) is 0 Å². The molecule has 0 unspecified atom stereocenters. The van der Waals surface area contributed by atoms with Crippen molar-refractivity contribution < 1.29 is 4.79 Å². The Labute approximate surface area is 127 Å². The van der Waals surface area contributed by atoms with Crippen LogP contribution in [0.4, 0.5) is 5.82 Å². The van der Waals surface area contributed by atoms with E-state index in [1.807, 2.05) is 6.92 Å². The third-order valence-corrected chi connectivity index (χ3v) is 3.70. The maximum absolute atomic E-state index is 12.1. The number of hydrogen-bond donors (Lipinski definition) is 2. The van der Waals surface area contributed by atoms with Gasteiger partial charge in [0.25, 0.3) is 5.91 Å². The van der Waals surface area contributed by atoms with E-state index in [0.29, 0.717) is 30.0 Å². The third-order valence-electron chi connectivity index (χ3n) is 3.70. The summed E-state index contributed by atoms with van der Waals surface area (Å²) in [6.45, 7) is 6.63. The smallest absolute Gasteiger partial charge is 0.270 e. The summed E-state index contributed by atoms with van der Waals surface area (Å²) in [5.74, 6) is 1.70. The van der Waals surface area contributed by atoms with E-state index in [2.05, 4.69) is 34.4 Å². The minimum Gasteiger partial charge on any atom is -0.367 e. The van der Waals surface area contributed by atoms with E-state index in [9.17, 15) is 4.79 Å². The van der Waals surface area contributed by atoms with Crippen LogP contribution in [-0.4, -0.2) is 28.5 Å². The molecule has 0 radical (unpaired) electrons. The van der Waals surface area contributed by atoms with Crippen LogP contribution in [0.5, 0.6) is 0 Å². The summed E-state index contributed by atoms with van der Waals surface area (Å²) >= 11 is 0. The number of anilines is 1. The van der Waals surface area contributed by atoms with E-state index in [0.717, 1.165) is 5.82 Å². The van der Waals surface area contributed by atoms with E-state index in [-0.39, 0.29) is 5.91 Å². The van der Waals surface area contributed by atoms with Crippen molar-refractivity contribution in [2.45, 2.75) is 58.9 Å². The van der Waals surface area contributed by atoms with E-state index < -0.39 is 0 Å². The third kappa shape index (κ3) is 4.99. The zero-order valence-corrected chi connectivity index (χ0v) is 13.3. The van der Waals surface area contributed by atoms with Crippen LogP contribution < -0.4 is 10.6 Å². The van der Waals surface area contributed by atoms with Gasteiger partial charge in [-0.15, -0.1) is 0 Å². The predicted molar refractivity (Wildman–Crippen MR) is 84.4 cm³/mol. The molecule has 1 aromatic heterocycles. The van der Waals surface area contributed by atoms with Gasteiger partial charge in [0, 0.05) is 18.7 Å². The molecular weight excluding hydrogens is 264 g/mol. The molecule has 0 atom stereocenters. The average molecular weight is 290 g/mol. The molecule has 0 saturated heterocycles. The fraction of sp³-hybridized carbons (Fsp3) is 0.688. The summed E-state index contributed by atoms with van der Waals surface area (Å²) in [5.41, 5.74) is 0.446. The highest BCUT2D eigenvalue weighted by Crippen LogP contribution is 2.21. The minimum atomic E-state index is -0.124. The van der Waals surface area contributed by atoms with Crippen LogP contribution >= 0.6 is 0 Å². The highest BCUT2D eigenvalue weighted by Gasteiger charge is 2.16. The lowest BCUT2D eigenvalue weighted by Gasteiger charge is -2.23. The Bertz CT molecular complexity index is 481. The van der Waals surface area contributed by atoms with Crippen molar-refractivity contribution in [3.05, 3.63) is 17.6 Å². The van der Waals surface area contributed by atoms with Crippen molar-refractivity contribution in [1.82, 2.24) is 15.3 Å². The zero-order valence-electron chi connectivity index (χ0n) is 13.3. The Morgan fingerprint density at radius 3 is 2.67 bits per heavy atom. The lowest BCUT2D eigenvalue weighted by atomic mass is 9.95. The van der Waals surface area contributed by atoms with Crippen LogP contribution in [-0.2, 0) is 0 Å². The fourth-order valence-electron chi connectivity index (χ4n) is 2.60. The van der Waals surface area contributed by atoms with Crippen LogP contribution in [0.25, 0.3) is 0 Å². The summed E-state index contributed by atoms with van der Waals surface area (Å²) < 4.78 is 0. The van der Waals surface area contributed by atoms with Crippen molar-refractivity contribution in [3.63, 3.8) is 0 Å². The maximum Gasteiger partial charge on any atom is 0.270 e. The number of aromatic nitrogens is 2. The van der Waals surface area contributed by atoms with Gasteiger partial charge >= 0.3 is 0 Å². The van der Waals surface area contributed by atoms with E-state index in [4.69, 9.17) is 0 Å². The van der Waals surface area contributed by atoms with Gasteiger partial charge in [-0.25, -0.2) is 9.97 Å². The lowest BCUT2D eigenvalue weighted by Crippen LogP contribution is -2.29. The zero-order chi connectivity index (χ0) is 15.2. The molecule has 1 saturated carbocycles. The topological polar surface area (TPSA) is 66.9 Å². The summed E-state index contributed by atoms with van der Waals surface area (Å²) in [6.07, 6.45) is 6.21. The number of nitrogens with zero attached hydrogens (tertiary/aromatic N) is 2. The molecule has 21 heavy (non-hydrogen) atoms. The number of carbonyl (C=O) groups is 1. The molecule has 1 amide bonds. The van der Waals surface area contributed by atoms with Gasteiger partial charge in [-0.1, -0.05) is 33.1 Å². The summed E-state index contributed by atoms with van der Waals surface area (Å²) in [6, 6.07) is 2.23. The second-order valence-electron chi connectivity index (χ2n) is 6.27. The molecule has 0 bridgehead atoms. The van der Waals surface area contributed by atoms with Gasteiger partial charge in [-0.05, 0) is 25.7 Å². The molecule has 0 aromatic carbocycles. The Kier molecular flexibility index (Phi) is 5.53. The Balaban J connectivity index is 2.03. The van der Waals surface area contributed by atoms with Crippen LogP contribution in [0.15, 0.2) is 6.07 Å². The first-order valence-electron chi connectivity index (χ1n) is 7.95. The molecule has 1 heterocycles. The van der Waals surface area contributed by atoms with Gasteiger partial charge < -0.3 is 10.6 Å². The monoisotopic (exact) mass is 290 g/mol. The molecule has 0 spiro atoms. The molecule has 5 heteroatoms. The maximum atomic E-state index is 12.1. The SMILES string of the molecule is Cc1nc(NC2CCCCC2)cc(C(=O)NCC(C)C)n1.